The van der Waals surface area contributed by atoms with E-state index in [4.69, 9.17) is 18.9 Å². The number of esters is 4. The third kappa shape index (κ3) is 35.1. The summed E-state index contributed by atoms with van der Waals surface area (Å²) in [6, 6.07) is 0. The highest BCUT2D eigenvalue weighted by Gasteiger charge is 2.17. The zero-order valence-electron chi connectivity index (χ0n) is 31.1. The maximum atomic E-state index is 11.7. The number of unbranched alkanes of at least 4 members (excludes halogenated alkanes) is 16. The maximum Gasteiger partial charge on any atom is 0.306 e. The van der Waals surface area contributed by atoms with Gasteiger partial charge < -0.3 is 29.2 Å². The van der Waals surface area contributed by atoms with Crippen molar-refractivity contribution in [1.29, 1.82) is 0 Å². The fraction of sp³-hybridized carbons (Fsp3) is 0.895. The van der Waals surface area contributed by atoms with E-state index in [0.29, 0.717) is 25.7 Å². The molecule has 284 valence electrons. The van der Waals surface area contributed by atoms with E-state index in [1.54, 1.807) is 0 Å². The van der Waals surface area contributed by atoms with Gasteiger partial charge in [0.05, 0.1) is 13.2 Å². The molecule has 0 aromatic rings. The van der Waals surface area contributed by atoms with Crippen LogP contribution in [-0.4, -0.2) is 72.7 Å². The molecule has 0 radical (unpaired) electrons. The van der Waals surface area contributed by atoms with Crippen molar-refractivity contribution in [2.45, 2.75) is 194 Å². The van der Waals surface area contributed by atoms with Crippen molar-refractivity contribution < 1.29 is 48.3 Å². The van der Waals surface area contributed by atoms with Gasteiger partial charge in [-0.2, -0.15) is 0 Å². The van der Waals surface area contributed by atoms with E-state index in [2.05, 4.69) is 27.7 Å². The molecule has 10 heteroatoms. The minimum absolute atomic E-state index is 0.0636. The Morgan fingerprint density at radius 3 is 0.896 bits per heavy atom. The van der Waals surface area contributed by atoms with Crippen molar-refractivity contribution >= 4 is 23.9 Å². The summed E-state index contributed by atoms with van der Waals surface area (Å²) in [5, 5.41) is 18.5. The van der Waals surface area contributed by atoms with Crippen LogP contribution in [0.1, 0.15) is 182 Å². The zero-order chi connectivity index (χ0) is 36.1. The molecule has 0 aliphatic rings. The van der Waals surface area contributed by atoms with Gasteiger partial charge in [-0.15, -0.1) is 0 Å². The number of carbonyl (C=O) groups excluding carboxylic acids is 4. The molecule has 0 amide bonds. The van der Waals surface area contributed by atoms with Gasteiger partial charge in [-0.3, -0.25) is 19.2 Å². The van der Waals surface area contributed by atoms with Gasteiger partial charge in [0.25, 0.3) is 0 Å². The lowest BCUT2D eigenvalue weighted by Crippen LogP contribution is -2.28. The van der Waals surface area contributed by atoms with Gasteiger partial charge in [-0.05, 0) is 25.7 Å². The zero-order valence-corrected chi connectivity index (χ0v) is 31.1. The number of aliphatic hydroxyl groups excluding tert-OH is 2. The summed E-state index contributed by atoms with van der Waals surface area (Å²) in [5.74, 6) is -1.25. The van der Waals surface area contributed by atoms with Crippen LogP contribution in [0.4, 0.5) is 0 Å². The van der Waals surface area contributed by atoms with E-state index in [-0.39, 0.29) is 50.3 Å². The van der Waals surface area contributed by atoms with Crippen molar-refractivity contribution in [3.63, 3.8) is 0 Å². The number of carbonyl (C=O) groups is 4. The molecule has 2 N–H and O–H groups in total. The molecule has 0 fully saturated rings. The molecule has 0 saturated carbocycles. The highest BCUT2D eigenvalue weighted by molar-refractivity contribution is 5.71. The SMILES string of the molecule is CCCCCCCC(=O)OC[C@H](CO)OC(=O)CCCCCCC.CCCCCCCC(=O)OC[C@H](CO)OC(=O)CCCCCCC. The van der Waals surface area contributed by atoms with Gasteiger partial charge in [-0.25, -0.2) is 0 Å². The highest BCUT2D eigenvalue weighted by Crippen LogP contribution is 2.10. The Hall–Kier alpha value is -2.20. The van der Waals surface area contributed by atoms with E-state index in [1.165, 1.54) is 51.4 Å². The van der Waals surface area contributed by atoms with Gasteiger partial charge in [0.15, 0.2) is 12.2 Å². The predicted molar refractivity (Wildman–Crippen MR) is 189 cm³/mol. The molecule has 0 aromatic carbocycles. The third-order valence-electron chi connectivity index (χ3n) is 7.80. The quantitative estimate of drug-likeness (QED) is 0.0402. The summed E-state index contributed by atoms with van der Waals surface area (Å²) in [7, 11) is 0. The summed E-state index contributed by atoms with van der Waals surface area (Å²) in [4.78, 5) is 46.6. The van der Waals surface area contributed by atoms with Gasteiger partial charge in [0.2, 0.25) is 0 Å². The molecule has 2 atom stereocenters. The van der Waals surface area contributed by atoms with Crippen LogP contribution in [0, 0.1) is 0 Å². The monoisotopic (exact) mass is 689 g/mol. The number of hydrogen-bond acceptors (Lipinski definition) is 10. The Morgan fingerprint density at radius 2 is 0.646 bits per heavy atom. The van der Waals surface area contributed by atoms with Crippen molar-refractivity contribution in [2.75, 3.05) is 26.4 Å². The van der Waals surface area contributed by atoms with Crippen LogP contribution in [-0.2, 0) is 38.1 Å². The second kappa shape index (κ2) is 37.6. The van der Waals surface area contributed by atoms with Crippen LogP contribution in [0.15, 0.2) is 0 Å². The van der Waals surface area contributed by atoms with Crippen LogP contribution in [0.25, 0.3) is 0 Å². The number of aliphatic hydroxyl groups is 2. The average Bonchev–Trinajstić information content (AvgIpc) is 3.08. The van der Waals surface area contributed by atoms with Crippen molar-refractivity contribution in [3.05, 3.63) is 0 Å². The molecule has 10 nitrogen and oxygen atoms in total. The topological polar surface area (TPSA) is 146 Å². The lowest BCUT2D eigenvalue weighted by Gasteiger charge is -2.15. The van der Waals surface area contributed by atoms with Crippen LogP contribution >= 0.6 is 0 Å². The Bertz CT molecular complexity index is 696. The van der Waals surface area contributed by atoms with Gasteiger partial charge in [0, 0.05) is 25.7 Å². The second-order valence-electron chi connectivity index (χ2n) is 12.6. The summed E-state index contributed by atoms with van der Waals surface area (Å²) in [6.07, 6.45) is 21.2. The molecule has 0 saturated heterocycles. The second-order valence-corrected chi connectivity index (χ2v) is 12.6. The number of hydrogen-bond donors (Lipinski definition) is 2. The Morgan fingerprint density at radius 1 is 0.396 bits per heavy atom. The van der Waals surface area contributed by atoms with Gasteiger partial charge in [-0.1, -0.05) is 130 Å². The molecular weight excluding hydrogens is 616 g/mol. The molecule has 0 unspecified atom stereocenters. The summed E-state index contributed by atoms with van der Waals surface area (Å²) >= 11 is 0. The van der Waals surface area contributed by atoms with E-state index in [0.717, 1.165) is 77.0 Å². The standard InChI is InChI=1S/2C19H36O5/c2*1-3-5-7-9-11-13-18(21)23-16-17(15-20)24-19(22)14-12-10-8-6-4-2/h2*17,20H,3-16H2,1-2H3/t2*17-/m00/s1. The van der Waals surface area contributed by atoms with Crippen LogP contribution in [0.3, 0.4) is 0 Å². The normalized spacial score (nSPS) is 12.0. The minimum Gasteiger partial charge on any atom is -0.462 e. The van der Waals surface area contributed by atoms with Crippen LogP contribution in [0.5, 0.6) is 0 Å². The smallest absolute Gasteiger partial charge is 0.306 e. The first-order valence-electron chi connectivity index (χ1n) is 19.2. The first kappa shape index (κ1) is 47.9. The maximum absolute atomic E-state index is 11.7. The minimum atomic E-state index is -0.753. The first-order valence-corrected chi connectivity index (χ1v) is 19.2. The fourth-order valence-corrected chi connectivity index (χ4v) is 4.75. The van der Waals surface area contributed by atoms with Crippen molar-refractivity contribution in [2.24, 2.45) is 0 Å². The highest BCUT2D eigenvalue weighted by atomic mass is 16.6. The average molecular weight is 689 g/mol. The summed E-state index contributed by atoms with van der Waals surface area (Å²) < 4.78 is 20.5. The first-order chi connectivity index (χ1) is 23.3. The third-order valence-corrected chi connectivity index (χ3v) is 7.80. The molecule has 0 aliphatic carbocycles. The summed E-state index contributed by atoms with van der Waals surface area (Å²) in [6.45, 7) is 7.80. The molecular formula is C38H72O10. The molecule has 0 aliphatic heterocycles. The van der Waals surface area contributed by atoms with Gasteiger partial charge >= 0.3 is 23.9 Å². The van der Waals surface area contributed by atoms with Crippen LogP contribution in [0.2, 0.25) is 0 Å². The Balaban J connectivity index is 0. The predicted octanol–water partition coefficient (Wildman–Crippen LogP) is 8.31. The van der Waals surface area contributed by atoms with E-state index >= 15 is 0 Å². The van der Waals surface area contributed by atoms with Crippen molar-refractivity contribution in [1.82, 2.24) is 0 Å². The summed E-state index contributed by atoms with van der Waals surface area (Å²) in [5.41, 5.74) is 0. The Labute approximate surface area is 292 Å². The number of ether oxygens (including phenoxy) is 4. The molecule has 0 aromatic heterocycles. The number of rotatable bonds is 32. The Kier molecular flexibility index (Phi) is 37.5. The van der Waals surface area contributed by atoms with Gasteiger partial charge in [0.1, 0.15) is 13.2 Å². The molecule has 48 heavy (non-hydrogen) atoms. The molecule has 0 rings (SSSR count). The molecule has 0 spiro atoms. The lowest BCUT2D eigenvalue weighted by molar-refractivity contribution is -0.161. The largest absolute Gasteiger partial charge is 0.462 e. The van der Waals surface area contributed by atoms with E-state index in [1.807, 2.05) is 0 Å². The fourth-order valence-electron chi connectivity index (χ4n) is 4.75. The van der Waals surface area contributed by atoms with Crippen LogP contribution < -0.4 is 0 Å². The van der Waals surface area contributed by atoms with Crippen molar-refractivity contribution in [3.8, 4) is 0 Å². The van der Waals surface area contributed by atoms with E-state index < -0.39 is 12.2 Å². The lowest BCUT2D eigenvalue weighted by atomic mass is 10.1. The molecule has 0 heterocycles. The molecule has 0 bridgehead atoms. The van der Waals surface area contributed by atoms with E-state index in [9.17, 15) is 29.4 Å².